The number of nitrogens with one attached hydrogen (secondary N) is 2. The Kier molecular flexibility index (Phi) is 5.67. The molecular weight excluding hydrogens is 304 g/mol. The molecule has 1 saturated carbocycles. The van der Waals surface area contributed by atoms with Crippen molar-refractivity contribution in [1.82, 2.24) is 10.6 Å². The lowest BCUT2D eigenvalue weighted by atomic mass is 9.80. The van der Waals surface area contributed by atoms with E-state index in [2.05, 4.69) is 10.6 Å². The molecule has 2 atom stereocenters. The maximum atomic E-state index is 11.9. The van der Waals surface area contributed by atoms with E-state index in [1.807, 2.05) is 19.1 Å². The molecule has 0 bridgehead atoms. The van der Waals surface area contributed by atoms with E-state index >= 15 is 0 Å². The van der Waals surface area contributed by atoms with Crippen molar-refractivity contribution in [2.24, 2.45) is 0 Å². The van der Waals surface area contributed by atoms with Gasteiger partial charge >= 0.3 is 6.03 Å². The quantitative estimate of drug-likeness (QED) is 0.752. The first kappa shape index (κ1) is 17.1. The van der Waals surface area contributed by atoms with Crippen LogP contribution in [0.25, 0.3) is 0 Å². The molecular formula is C16H23ClN2O3. The van der Waals surface area contributed by atoms with E-state index in [0.717, 1.165) is 24.8 Å². The highest BCUT2D eigenvalue weighted by Crippen LogP contribution is 2.30. The van der Waals surface area contributed by atoms with Crippen LogP contribution in [0.1, 0.15) is 37.9 Å². The second-order valence-electron chi connectivity index (χ2n) is 5.90. The van der Waals surface area contributed by atoms with Crippen molar-refractivity contribution in [3.05, 3.63) is 34.9 Å². The Morgan fingerprint density at radius 1 is 1.41 bits per heavy atom. The van der Waals surface area contributed by atoms with E-state index < -0.39 is 5.60 Å². The smallest absolute Gasteiger partial charge is 0.315 e. The second-order valence-corrected chi connectivity index (χ2v) is 6.34. The molecule has 0 radical (unpaired) electrons. The Morgan fingerprint density at radius 3 is 2.55 bits per heavy atom. The van der Waals surface area contributed by atoms with Crippen molar-refractivity contribution in [3.63, 3.8) is 0 Å². The highest BCUT2D eigenvalue weighted by molar-refractivity contribution is 6.30. The van der Waals surface area contributed by atoms with Crippen LogP contribution in [-0.4, -0.2) is 36.4 Å². The molecule has 5 nitrogen and oxygen atoms in total. The summed E-state index contributed by atoms with van der Waals surface area (Å²) in [5.41, 5.74) is 0.217. The molecule has 3 N–H and O–H groups in total. The van der Waals surface area contributed by atoms with Crippen LogP contribution in [0.4, 0.5) is 4.79 Å². The van der Waals surface area contributed by atoms with Crippen molar-refractivity contribution < 1.29 is 14.6 Å². The van der Waals surface area contributed by atoms with Gasteiger partial charge in [-0.3, -0.25) is 0 Å². The van der Waals surface area contributed by atoms with Gasteiger partial charge in [0.15, 0.2) is 0 Å². The Morgan fingerprint density at radius 2 is 2.05 bits per heavy atom. The number of carbonyl (C=O) groups is 1. The average molecular weight is 327 g/mol. The molecule has 0 aromatic heterocycles. The molecule has 6 heteroatoms. The lowest BCUT2D eigenvalue weighted by molar-refractivity contribution is -0.0291. The summed E-state index contributed by atoms with van der Waals surface area (Å²) < 4.78 is 5.48. The maximum Gasteiger partial charge on any atom is 0.315 e. The van der Waals surface area contributed by atoms with E-state index in [9.17, 15) is 9.90 Å². The molecule has 1 aliphatic carbocycles. The fourth-order valence-corrected chi connectivity index (χ4v) is 2.75. The number of methoxy groups -OCH3 is 1. The van der Waals surface area contributed by atoms with Gasteiger partial charge in [-0.1, -0.05) is 23.7 Å². The first-order valence-electron chi connectivity index (χ1n) is 7.48. The van der Waals surface area contributed by atoms with Crippen molar-refractivity contribution in [3.8, 4) is 0 Å². The number of ether oxygens (including phenoxy) is 1. The van der Waals surface area contributed by atoms with Crippen LogP contribution in [0.5, 0.6) is 0 Å². The number of aliphatic hydroxyl groups is 1. The van der Waals surface area contributed by atoms with E-state index in [-0.39, 0.29) is 24.7 Å². The molecule has 1 aromatic carbocycles. The van der Waals surface area contributed by atoms with Gasteiger partial charge in [-0.2, -0.15) is 0 Å². The average Bonchev–Trinajstić information content (AvgIpc) is 2.46. The summed E-state index contributed by atoms with van der Waals surface area (Å²) in [6.07, 6.45) is 2.23. The molecule has 0 heterocycles. The van der Waals surface area contributed by atoms with Crippen molar-refractivity contribution in [1.29, 1.82) is 0 Å². The largest absolute Gasteiger partial charge is 0.388 e. The number of carbonyl (C=O) groups excluding carboxylic acids is 1. The highest BCUT2D eigenvalue weighted by atomic mass is 35.5. The third-order valence-corrected chi connectivity index (χ3v) is 4.38. The second kappa shape index (κ2) is 7.31. The van der Waals surface area contributed by atoms with Gasteiger partial charge in [0.05, 0.1) is 11.6 Å². The Labute approximate surface area is 136 Å². The molecule has 22 heavy (non-hydrogen) atoms. The third-order valence-electron chi connectivity index (χ3n) is 4.13. The summed E-state index contributed by atoms with van der Waals surface area (Å²) in [4.78, 5) is 11.9. The Bertz CT molecular complexity index is 503. The van der Waals surface area contributed by atoms with Crippen LogP contribution < -0.4 is 10.6 Å². The molecule has 1 aliphatic rings. The number of halogens is 1. The van der Waals surface area contributed by atoms with Gasteiger partial charge in [-0.15, -0.1) is 0 Å². The number of amides is 2. The molecule has 2 amide bonds. The van der Waals surface area contributed by atoms with Crippen molar-refractivity contribution in [2.75, 3.05) is 13.7 Å². The van der Waals surface area contributed by atoms with Crippen LogP contribution in [0.15, 0.2) is 24.3 Å². The molecule has 122 valence electrons. The lowest BCUT2D eigenvalue weighted by Crippen LogP contribution is -2.52. The minimum atomic E-state index is -0.725. The molecule has 2 unspecified atom stereocenters. The van der Waals surface area contributed by atoms with Gasteiger partial charge in [0.25, 0.3) is 0 Å². The van der Waals surface area contributed by atoms with Crippen LogP contribution in [0.2, 0.25) is 5.02 Å². The fourth-order valence-electron chi connectivity index (χ4n) is 2.62. The predicted molar refractivity (Wildman–Crippen MR) is 86.0 cm³/mol. The molecule has 2 rings (SSSR count). The number of urea groups is 1. The zero-order valence-corrected chi connectivity index (χ0v) is 13.7. The minimum absolute atomic E-state index is 0.220. The standard InChI is InChI=1S/C16H23ClN2O3/c1-11(14(22-2)12-4-6-13(17)7-5-12)19-15(20)18-10-16(21)8-3-9-16/h4-7,11,14,21H,3,8-10H2,1-2H3,(H2,18,19,20). The molecule has 1 aromatic rings. The molecule has 0 spiro atoms. The Balaban J connectivity index is 1.86. The number of hydrogen-bond acceptors (Lipinski definition) is 3. The van der Waals surface area contributed by atoms with Gasteiger partial charge in [-0.05, 0) is 43.9 Å². The zero-order chi connectivity index (χ0) is 16.2. The first-order valence-corrected chi connectivity index (χ1v) is 7.86. The predicted octanol–water partition coefficient (Wildman–Crippen LogP) is 2.63. The third kappa shape index (κ3) is 4.35. The van der Waals surface area contributed by atoms with Gasteiger partial charge in [-0.25, -0.2) is 4.79 Å². The summed E-state index contributed by atoms with van der Waals surface area (Å²) in [5, 5.41) is 16.2. The topological polar surface area (TPSA) is 70.6 Å². The van der Waals surface area contributed by atoms with E-state index in [0.29, 0.717) is 5.02 Å². The summed E-state index contributed by atoms with van der Waals surface area (Å²) in [7, 11) is 1.60. The van der Waals surface area contributed by atoms with Gasteiger partial charge in [0.1, 0.15) is 6.10 Å². The Hall–Kier alpha value is -1.30. The summed E-state index contributed by atoms with van der Waals surface area (Å²) in [6, 6.07) is 6.82. The van der Waals surface area contributed by atoms with E-state index in [4.69, 9.17) is 16.3 Å². The first-order chi connectivity index (χ1) is 10.4. The van der Waals surface area contributed by atoms with E-state index in [1.54, 1.807) is 19.2 Å². The van der Waals surface area contributed by atoms with Gasteiger partial charge in [0.2, 0.25) is 0 Å². The van der Waals surface area contributed by atoms with Gasteiger partial charge in [0, 0.05) is 18.7 Å². The number of rotatable bonds is 6. The summed E-state index contributed by atoms with van der Waals surface area (Å²) in [6.45, 7) is 2.16. The van der Waals surface area contributed by atoms with Crippen LogP contribution in [0, 0.1) is 0 Å². The highest BCUT2D eigenvalue weighted by Gasteiger charge is 2.34. The number of hydrogen-bond donors (Lipinski definition) is 3. The van der Waals surface area contributed by atoms with Crippen LogP contribution in [0.3, 0.4) is 0 Å². The monoisotopic (exact) mass is 326 g/mol. The SMILES string of the molecule is COC(c1ccc(Cl)cc1)C(C)NC(=O)NCC1(O)CCC1. The van der Waals surface area contributed by atoms with Crippen molar-refractivity contribution in [2.45, 2.75) is 43.9 Å². The van der Waals surface area contributed by atoms with Crippen LogP contribution in [-0.2, 0) is 4.74 Å². The lowest BCUT2D eigenvalue weighted by Gasteiger charge is -2.36. The summed E-state index contributed by atoms with van der Waals surface area (Å²) in [5.74, 6) is 0. The normalized spacial score (nSPS) is 18.9. The van der Waals surface area contributed by atoms with Gasteiger partial charge < -0.3 is 20.5 Å². The zero-order valence-electron chi connectivity index (χ0n) is 12.9. The summed E-state index contributed by atoms with van der Waals surface area (Å²) >= 11 is 5.88. The van der Waals surface area contributed by atoms with E-state index in [1.165, 1.54) is 0 Å². The molecule has 0 saturated heterocycles. The van der Waals surface area contributed by atoms with Crippen LogP contribution >= 0.6 is 11.6 Å². The fraction of sp³-hybridized carbons (Fsp3) is 0.562. The maximum absolute atomic E-state index is 11.9. The molecule has 1 fully saturated rings. The minimum Gasteiger partial charge on any atom is -0.388 e. The van der Waals surface area contributed by atoms with Crippen molar-refractivity contribution >= 4 is 17.6 Å². The number of benzene rings is 1. The molecule has 0 aliphatic heterocycles.